The number of benzene rings is 1. The number of pyridine rings is 1. The van der Waals surface area contributed by atoms with Crippen molar-refractivity contribution in [3.8, 4) is 22.6 Å². The molecule has 3 heterocycles. The fourth-order valence-electron chi connectivity index (χ4n) is 2.59. The Kier molecular flexibility index (Phi) is 3.46. The van der Waals surface area contributed by atoms with Crippen molar-refractivity contribution < 1.29 is 4.39 Å². The summed E-state index contributed by atoms with van der Waals surface area (Å²) in [4.78, 5) is 25.0. The Bertz CT molecular complexity index is 1100. The van der Waals surface area contributed by atoms with E-state index in [4.69, 9.17) is 0 Å². The molecule has 6 heteroatoms. The van der Waals surface area contributed by atoms with Gasteiger partial charge in [-0.2, -0.15) is 0 Å². The molecule has 0 saturated heterocycles. The molecule has 0 aliphatic carbocycles. The molecule has 0 bridgehead atoms. The van der Waals surface area contributed by atoms with Crippen LogP contribution in [-0.4, -0.2) is 15.0 Å². The van der Waals surface area contributed by atoms with Crippen molar-refractivity contribution in [1.29, 1.82) is 0 Å². The molecule has 0 fully saturated rings. The third kappa shape index (κ3) is 2.51. The summed E-state index contributed by atoms with van der Waals surface area (Å²) in [6.07, 6.45) is 0. The smallest absolute Gasteiger partial charge is 0.260 e. The maximum atomic E-state index is 13.1. The molecule has 0 spiro atoms. The van der Waals surface area contributed by atoms with Crippen LogP contribution in [0, 0.1) is 12.7 Å². The third-order valence-electron chi connectivity index (χ3n) is 3.73. The summed E-state index contributed by atoms with van der Waals surface area (Å²) in [5.41, 5.74) is 2.81. The predicted octanol–water partition coefficient (Wildman–Crippen LogP) is 4.16. The second kappa shape index (κ2) is 5.65. The number of hydrogen-bond donors (Lipinski definition) is 1. The minimum atomic E-state index is -0.307. The predicted molar refractivity (Wildman–Crippen MR) is 93.6 cm³/mol. The third-order valence-corrected chi connectivity index (χ3v) is 4.60. The number of aryl methyl sites for hydroxylation is 1. The van der Waals surface area contributed by atoms with E-state index in [9.17, 15) is 9.18 Å². The lowest BCUT2D eigenvalue weighted by molar-refractivity contribution is 0.628. The second-order valence-corrected chi connectivity index (χ2v) is 6.27. The van der Waals surface area contributed by atoms with Crippen molar-refractivity contribution in [2.24, 2.45) is 0 Å². The molecule has 1 aromatic carbocycles. The van der Waals surface area contributed by atoms with Crippen LogP contribution in [0.15, 0.2) is 52.6 Å². The molecule has 0 atom stereocenters. The number of aromatic amines is 1. The van der Waals surface area contributed by atoms with E-state index in [0.717, 1.165) is 16.8 Å². The van der Waals surface area contributed by atoms with Crippen LogP contribution in [0.25, 0.3) is 32.9 Å². The van der Waals surface area contributed by atoms with Crippen molar-refractivity contribution in [1.82, 2.24) is 15.0 Å². The van der Waals surface area contributed by atoms with Crippen LogP contribution in [0.1, 0.15) is 5.69 Å². The van der Waals surface area contributed by atoms with Gasteiger partial charge >= 0.3 is 0 Å². The number of H-pyrrole nitrogens is 1. The normalized spacial score (nSPS) is 11.1. The van der Waals surface area contributed by atoms with E-state index in [1.165, 1.54) is 23.5 Å². The van der Waals surface area contributed by atoms with Crippen LogP contribution < -0.4 is 5.56 Å². The van der Waals surface area contributed by atoms with Gasteiger partial charge < -0.3 is 4.98 Å². The average Bonchev–Trinajstić information content (AvgIpc) is 3.00. The van der Waals surface area contributed by atoms with E-state index >= 15 is 0 Å². The molecule has 118 valence electrons. The van der Waals surface area contributed by atoms with Gasteiger partial charge in [-0.15, -0.1) is 11.3 Å². The van der Waals surface area contributed by atoms with Gasteiger partial charge in [0.25, 0.3) is 5.56 Å². The highest BCUT2D eigenvalue weighted by Crippen LogP contribution is 2.31. The summed E-state index contributed by atoms with van der Waals surface area (Å²) in [6.45, 7) is 1.89. The van der Waals surface area contributed by atoms with Gasteiger partial charge in [0.15, 0.2) is 5.82 Å². The van der Waals surface area contributed by atoms with Gasteiger partial charge in [0.05, 0.1) is 5.39 Å². The van der Waals surface area contributed by atoms with Crippen molar-refractivity contribution in [2.75, 3.05) is 0 Å². The number of nitrogens with zero attached hydrogens (tertiary/aromatic N) is 2. The summed E-state index contributed by atoms with van der Waals surface area (Å²) in [5.74, 6) is 0.141. The van der Waals surface area contributed by atoms with Gasteiger partial charge in [0.1, 0.15) is 16.3 Å². The number of nitrogens with one attached hydrogen (secondary N) is 1. The van der Waals surface area contributed by atoms with Gasteiger partial charge in [-0.3, -0.25) is 4.79 Å². The van der Waals surface area contributed by atoms with E-state index in [-0.39, 0.29) is 11.4 Å². The number of aromatic nitrogens is 3. The summed E-state index contributed by atoms with van der Waals surface area (Å²) < 4.78 is 13.1. The Balaban J connectivity index is 1.90. The number of halogens is 1. The minimum absolute atomic E-state index is 0.223. The van der Waals surface area contributed by atoms with Crippen LogP contribution >= 0.6 is 11.3 Å². The molecule has 0 aliphatic heterocycles. The fourth-order valence-corrected chi connectivity index (χ4v) is 3.53. The molecule has 24 heavy (non-hydrogen) atoms. The molecule has 0 unspecified atom stereocenters. The zero-order valence-electron chi connectivity index (χ0n) is 12.7. The molecule has 0 aliphatic rings. The highest BCUT2D eigenvalue weighted by molar-refractivity contribution is 7.17. The molecule has 0 radical (unpaired) electrons. The standard InChI is InChI=1S/C18H12FN3OS/c1-10-3-2-4-14(20-10)16-21-17(23)15-13(9-24-18(15)22-16)11-5-7-12(19)8-6-11/h2-9H,1H3,(H,21,22,23). The van der Waals surface area contributed by atoms with Crippen LogP contribution in [0.5, 0.6) is 0 Å². The number of fused-ring (bicyclic) bond motifs is 1. The van der Waals surface area contributed by atoms with Gasteiger partial charge in [-0.1, -0.05) is 18.2 Å². The Morgan fingerprint density at radius 2 is 1.88 bits per heavy atom. The molecule has 0 saturated carbocycles. The van der Waals surface area contributed by atoms with E-state index in [2.05, 4.69) is 15.0 Å². The summed E-state index contributed by atoms with van der Waals surface area (Å²) >= 11 is 1.39. The first kappa shape index (κ1) is 14.7. The Labute approximate surface area is 140 Å². The Morgan fingerprint density at radius 3 is 2.62 bits per heavy atom. The van der Waals surface area contributed by atoms with Gasteiger partial charge in [-0.25, -0.2) is 14.4 Å². The fraction of sp³-hybridized carbons (Fsp3) is 0.0556. The zero-order chi connectivity index (χ0) is 16.7. The van der Waals surface area contributed by atoms with Crippen molar-refractivity contribution >= 4 is 21.6 Å². The molecule has 4 rings (SSSR count). The molecule has 3 aromatic heterocycles. The van der Waals surface area contributed by atoms with Gasteiger partial charge in [0.2, 0.25) is 0 Å². The van der Waals surface area contributed by atoms with Crippen molar-refractivity contribution in [2.45, 2.75) is 6.92 Å². The molecule has 0 amide bonds. The van der Waals surface area contributed by atoms with Crippen molar-refractivity contribution in [3.63, 3.8) is 0 Å². The minimum Gasteiger partial charge on any atom is -0.305 e. The largest absolute Gasteiger partial charge is 0.305 e. The lowest BCUT2D eigenvalue weighted by Gasteiger charge is -2.03. The van der Waals surface area contributed by atoms with Crippen LogP contribution in [0.2, 0.25) is 0 Å². The van der Waals surface area contributed by atoms with Crippen molar-refractivity contribution in [3.05, 3.63) is 69.7 Å². The molecule has 4 nitrogen and oxygen atoms in total. The molecular weight excluding hydrogens is 325 g/mol. The van der Waals surface area contributed by atoms with E-state index in [1.54, 1.807) is 12.1 Å². The quantitative estimate of drug-likeness (QED) is 0.597. The Hall–Kier alpha value is -2.86. The van der Waals surface area contributed by atoms with E-state index < -0.39 is 0 Å². The summed E-state index contributed by atoms with van der Waals surface area (Å²) in [7, 11) is 0. The summed E-state index contributed by atoms with van der Waals surface area (Å²) in [5, 5.41) is 2.39. The molecular formula is C18H12FN3OS. The first-order valence-electron chi connectivity index (χ1n) is 7.33. The topological polar surface area (TPSA) is 58.6 Å². The number of hydrogen-bond acceptors (Lipinski definition) is 4. The molecule has 4 aromatic rings. The number of rotatable bonds is 2. The Morgan fingerprint density at radius 1 is 1.08 bits per heavy atom. The first-order valence-corrected chi connectivity index (χ1v) is 8.21. The lowest BCUT2D eigenvalue weighted by atomic mass is 10.1. The second-order valence-electron chi connectivity index (χ2n) is 5.42. The zero-order valence-corrected chi connectivity index (χ0v) is 13.5. The lowest BCUT2D eigenvalue weighted by Crippen LogP contribution is -2.09. The SMILES string of the molecule is Cc1cccc(-c2nc3scc(-c4ccc(F)cc4)c3c(=O)[nH]2)n1. The van der Waals surface area contributed by atoms with Gasteiger partial charge in [-0.05, 0) is 36.8 Å². The molecule has 1 N–H and O–H groups in total. The average molecular weight is 337 g/mol. The van der Waals surface area contributed by atoms with E-state index in [0.29, 0.717) is 21.7 Å². The maximum absolute atomic E-state index is 13.1. The van der Waals surface area contributed by atoms with E-state index in [1.807, 2.05) is 30.5 Å². The van der Waals surface area contributed by atoms with Crippen LogP contribution in [0.3, 0.4) is 0 Å². The van der Waals surface area contributed by atoms with Gasteiger partial charge in [0, 0.05) is 16.6 Å². The highest BCUT2D eigenvalue weighted by atomic mass is 32.1. The first-order chi connectivity index (χ1) is 11.6. The van der Waals surface area contributed by atoms with Crippen LogP contribution in [-0.2, 0) is 0 Å². The summed E-state index contributed by atoms with van der Waals surface area (Å²) in [6, 6.07) is 11.7. The number of thiophene rings is 1. The maximum Gasteiger partial charge on any atom is 0.260 e. The van der Waals surface area contributed by atoms with Crippen LogP contribution in [0.4, 0.5) is 4.39 Å². The monoisotopic (exact) mass is 337 g/mol. The highest BCUT2D eigenvalue weighted by Gasteiger charge is 2.14.